The Bertz CT molecular complexity index is 1840. The molecule has 1 aromatic heterocycles. The Morgan fingerprint density at radius 2 is 1.54 bits per heavy atom. The van der Waals surface area contributed by atoms with Crippen LogP contribution in [-0.4, -0.2) is 67.7 Å². The second-order valence-electron chi connectivity index (χ2n) is 7.42. The summed E-state index contributed by atoms with van der Waals surface area (Å²) in [7, 11) is -14.4. The van der Waals surface area contributed by atoms with Gasteiger partial charge < -0.3 is 16.4 Å². The summed E-state index contributed by atoms with van der Waals surface area (Å²) in [6, 6.07) is 4.77. The second kappa shape index (κ2) is 12.1. The third-order valence-corrected chi connectivity index (χ3v) is 7.53. The maximum atomic E-state index is 13.2. The number of sulfone groups is 1. The van der Waals surface area contributed by atoms with Crippen molar-refractivity contribution < 1.29 is 52.1 Å². The molecule has 220 valence electrons. The van der Waals surface area contributed by atoms with Gasteiger partial charge in [0.15, 0.2) is 9.84 Å². The normalized spacial score (nSPS) is 12.4. The van der Waals surface area contributed by atoms with E-state index in [2.05, 4.69) is 40.0 Å². The van der Waals surface area contributed by atoms with Crippen LogP contribution in [0.3, 0.4) is 0 Å². The number of benzene rings is 2. The molecule has 6 N–H and O–H groups in total. The van der Waals surface area contributed by atoms with E-state index in [0.717, 1.165) is 18.2 Å². The molecule has 0 aliphatic heterocycles. The molecule has 0 bridgehead atoms. The predicted octanol–water partition coefficient (Wildman–Crippen LogP) is 1.64. The molecule has 3 rings (SSSR count). The zero-order valence-electron chi connectivity index (χ0n) is 19.8. The summed E-state index contributed by atoms with van der Waals surface area (Å²) >= 11 is 0. The van der Waals surface area contributed by atoms with Gasteiger partial charge in [0.25, 0.3) is 10.1 Å². The first kappa shape index (κ1) is 31.2. The van der Waals surface area contributed by atoms with Gasteiger partial charge >= 0.3 is 28.6 Å². The number of aromatic nitrogens is 3. The third-order valence-electron chi connectivity index (χ3n) is 4.51. The molecule has 0 saturated heterocycles. The molecule has 0 unspecified atom stereocenters. The van der Waals surface area contributed by atoms with Crippen LogP contribution in [0.5, 0.6) is 0 Å². The number of nitrogens with zero attached hydrogens (tertiary/aromatic N) is 5. The van der Waals surface area contributed by atoms with Gasteiger partial charge in [-0.05, 0) is 36.4 Å². The van der Waals surface area contributed by atoms with E-state index >= 15 is 0 Å². The summed E-state index contributed by atoms with van der Waals surface area (Å²) in [4.78, 5) is 19.0. The number of halogens is 2. The maximum Gasteiger partial charge on any atom is 0.397 e. The standard InChI is InChI=1S/C18H16F2N8O10S3/c19-15-24-16(20)26-18(25-15)22-9-1-3-11(13(7-9)23-17(21)29)27-28-12-4-2-10(8-14(12)40(32,33)34)39(30,31)6-5-38-41(35,36)37/h1-4,7-8H,5-6H2,(H3,21,23,29)(H,32,33,34)(H,35,36,37)(H,22,24,25,26)/b28-27+. The average Bonchev–Trinajstić information content (AvgIpc) is 2.81. The number of carbonyl (C=O) groups is 1. The van der Waals surface area contributed by atoms with Crippen LogP contribution in [0.15, 0.2) is 56.4 Å². The molecule has 1 heterocycles. The van der Waals surface area contributed by atoms with Gasteiger partial charge in [-0.2, -0.15) is 40.6 Å². The quantitative estimate of drug-likeness (QED) is 0.147. The van der Waals surface area contributed by atoms with Crippen molar-refractivity contribution in [2.24, 2.45) is 16.0 Å². The van der Waals surface area contributed by atoms with Gasteiger partial charge in [-0.3, -0.25) is 9.11 Å². The number of amides is 2. The van der Waals surface area contributed by atoms with Gasteiger partial charge in [0.1, 0.15) is 16.3 Å². The molecular formula is C18H16F2N8O10S3. The van der Waals surface area contributed by atoms with Crippen molar-refractivity contribution in [2.75, 3.05) is 23.0 Å². The van der Waals surface area contributed by atoms with Crippen LogP contribution in [0.1, 0.15) is 0 Å². The van der Waals surface area contributed by atoms with E-state index in [1.165, 1.54) is 12.1 Å². The molecular weight excluding hydrogens is 622 g/mol. The Labute approximate surface area is 229 Å². The fourth-order valence-corrected chi connectivity index (χ4v) is 5.13. The number of nitrogens with two attached hydrogens (primary N) is 1. The highest BCUT2D eigenvalue weighted by Crippen LogP contribution is 2.33. The van der Waals surface area contributed by atoms with Gasteiger partial charge in [0.05, 0.1) is 22.9 Å². The van der Waals surface area contributed by atoms with E-state index in [1.54, 1.807) is 0 Å². The van der Waals surface area contributed by atoms with E-state index in [4.69, 9.17) is 10.3 Å². The summed E-state index contributed by atoms with van der Waals surface area (Å²) in [5.41, 5.74) is 4.31. The monoisotopic (exact) mass is 638 g/mol. The van der Waals surface area contributed by atoms with Crippen molar-refractivity contribution >= 4 is 65.1 Å². The van der Waals surface area contributed by atoms with Crippen LogP contribution in [0, 0.1) is 12.2 Å². The highest BCUT2D eigenvalue weighted by atomic mass is 32.3. The van der Waals surface area contributed by atoms with Gasteiger partial charge in [0.2, 0.25) is 5.95 Å². The number of azo groups is 1. The fourth-order valence-electron chi connectivity index (χ4n) is 2.90. The van der Waals surface area contributed by atoms with Gasteiger partial charge in [-0.1, -0.05) is 0 Å². The lowest BCUT2D eigenvalue weighted by molar-refractivity contribution is 0.259. The van der Waals surface area contributed by atoms with Crippen molar-refractivity contribution in [3.63, 3.8) is 0 Å². The lowest BCUT2D eigenvalue weighted by Gasteiger charge is -2.10. The van der Waals surface area contributed by atoms with Crippen molar-refractivity contribution in [3.8, 4) is 0 Å². The Morgan fingerprint density at radius 1 is 0.927 bits per heavy atom. The van der Waals surface area contributed by atoms with E-state index in [9.17, 15) is 43.4 Å². The van der Waals surface area contributed by atoms with Crippen LogP contribution in [0.4, 0.5) is 42.3 Å². The lowest BCUT2D eigenvalue weighted by atomic mass is 10.2. The van der Waals surface area contributed by atoms with E-state index in [0.29, 0.717) is 6.07 Å². The minimum Gasteiger partial charge on any atom is -0.351 e. The van der Waals surface area contributed by atoms with E-state index in [-0.39, 0.29) is 17.1 Å². The minimum atomic E-state index is -5.11. The molecule has 18 nitrogen and oxygen atoms in total. The van der Waals surface area contributed by atoms with Crippen molar-refractivity contribution in [3.05, 3.63) is 48.6 Å². The number of hydrogen-bond donors (Lipinski definition) is 5. The summed E-state index contributed by atoms with van der Waals surface area (Å²) in [5.74, 6) is -1.53. The number of anilines is 3. The smallest absolute Gasteiger partial charge is 0.351 e. The van der Waals surface area contributed by atoms with Gasteiger partial charge in [-0.15, -0.1) is 10.2 Å². The molecule has 2 aromatic carbocycles. The number of primary amides is 1. The summed E-state index contributed by atoms with van der Waals surface area (Å²) in [6.07, 6.45) is -2.83. The molecule has 0 fully saturated rings. The molecule has 0 aliphatic carbocycles. The molecule has 41 heavy (non-hydrogen) atoms. The zero-order valence-corrected chi connectivity index (χ0v) is 22.3. The Hall–Kier alpha value is -4.29. The van der Waals surface area contributed by atoms with Crippen molar-refractivity contribution in [2.45, 2.75) is 9.79 Å². The third kappa shape index (κ3) is 9.12. The van der Waals surface area contributed by atoms with Crippen LogP contribution >= 0.6 is 0 Å². The van der Waals surface area contributed by atoms with E-state index in [1.807, 2.05) is 0 Å². The topological polar surface area (TPSA) is 283 Å². The lowest BCUT2D eigenvalue weighted by Crippen LogP contribution is -2.19. The van der Waals surface area contributed by atoms with Gasteiger partial charge in [-0.25, -0.2) is 17.4 Å². The van der Waals surface area contributed by atoms with E-state index < -0.39 is 82.3 Å². The summed E-state index contributed by atoms with van der Waals surface area (Å²) in [5, 5.41) is 12.1. The highest BCUT2D eigenvalue weighted by molar-refractivity contribution is 7.91. The second-order valence-corrected chi connectivity index (χ2v) is 12.0. The SMILES string of the molecule is NC(=O)Nc1cc(Nc2nc(F)nc(F)n2)ccc1/N=N/c1ccc(S(=O)(=O)CCOS(=O)(=O)O)cc1S(=O)(=O)O. The summed E-state index contributed by atoms with van der Waals surface area (Å²) in [6.45, 7) is -0.999. The zero-order chi connectivity index (χ0) is 30.6. The minimum absolute atomic E-state index is 0.0591. The predicted molar refractivity (Wildman–Crippen MR) is 133 cm³/mol. The van der Waals surface area contributed by atoms with Crippen LogP contribution in [0.25, 0.3) is 0 Å². The molecule has 0 atom stereocenters. The number of hydrogen-bond acceptors (Lipinski definition) is 14. The molecule has 0 aliphatic rings. The Balaban J connectivity index is 1.96. The molecule has 0 radical (unpaired) electrons. The summed E-state index contributed by atoms with van der Waals surface area (Å²) < 4.78 is 119. The van der Waals surface area contributed by atoms with Crippen LogP contribution < -0.4 is 16.4 Å². The fraction of sp³-hybridized carbons (Fsp3) is 0.111. The highest BCUT2D eigenvalue weighted by Gasteiger charge is 2.23. The number of carbonyl (C=O) groups excluding carboxylic acids is 1. The molecule has 0 spiro atoms. The van der Waals surface area contributed by atoms with Crippen molar-refractivity contribution in [1.82, 2.24) is 15.0 Å². The van der Waals surface area contributed by atoms with Crippen molar-refractivity contribution in [1.29, 1.82) is 0 Å². The van der Waals surface area contributed by atoms with Gasteiger partial charge in [0, 0.05) is 5.69 Å². The number of urea groups is 1. The first-order valence-corrected chi connectivity index (χ1v) is 14.8. The van der Waals surface area contributed by atoms with Crippen LogP contribution in [0.2, 0.25) is 0 Å². The largest absolute Gasteiger partial charge is 0.397 e. The average molecular weight is 639 g/mol. The molecule has 2 amide bonds. The first-order chi connectivity index (χ1) is 18.9. The Kier molecular flexibility index (Phi) is 9.19. The van der Waals surface area contributed by atoms with Crippen LogP contribution in [-0.2, 0) is 34.5 Å². The maximum absolute atomic E-state index is 13.2. The number of nitrogens with one attached hydrogen (secondary N) is 2. The number of rotatable bonds is 11. The molecule has 3 aromatic rings. The first-order valence-electron chi connectivity index (χ1n) is 10.4. The Morgan fingerprint density at radius 3 is 2.12 bits per heavy atom. The molecule has 23 heteroatoms. The molecule has 0 saturated carbocycles.